The molecule has 0 amide bonds. The van der Waals surface area contributed by atoms with Gasteiger partial charge in [-0.2, -0.15) is 5.26 Å². The van der Waals surface area contributed by atoms with Crippen molar-refractivity contribution in [2.24, 2.45) is 0 Å². The Morgan fingerprint density at radius 2 is 2.36 bits per heavy atom. The summed E-state index contributed by atoms with van der Waals surface area (Å²) in [5.41, 5.74) is 6.65. The Morgan fingerprint density at radius 1 is 1.57 bits per heavy atom. The topological polar surface area (TPSA) is 49.8 Å². The zero-order chi connectivity index (χ0) is 10.1. The summed E-state index contributed by atoms with van der Waals surface area (Å²) in [6.07, 6.45) is 0.0574. The lowest BCUT2D eigenvalue weighted by Gasteiger charge is -2.02. The third-order valence-electron chi connectivity index (χ3n) is 2.05. The lowest BCUT2D eigenvalue weighted by atomic mass is 10.1. The number of hydrogen-bond donors (Lipinski definition) is 1. The molecule has 0 fully saturated rings. The Bertz CT molecular complexity index is 525. The van der Waals surface area contributed by atoms with Gasteiger partial charge in [0.25, 0.3) is 0 Å². The first-order chi connectivity index (χ1) is 6.74. The van der Waals surface area contributed by atoms with Crippen LogP contribution in [0.15, 0.2) is 17.5 Å². The lowest BCUT2D eigenvalue weighted by Crippen LogP contribution is -1.93. The molecule has 14 heavy (non-hydrogen) atoms. The molecule has 0 radical (unpaired) electrons. The Balaban J connectivity index is 2.76. The highest BCUT2D eigenvalue weighted by Gasteiger charge is 2.10. The third-order valence-corrected chi connectivity index (χ3v) is 3.01. The molecule has 0 bridgehead atoms. The molecule has 0 aliphatic carbocycles. The second-order valence-corrected chi connectivity index (χ2v) is 3.85. The number of fused-ring (bicyclic) bond motifs is 1. The zero-order valence-corrected chi connectivity index (χ0v) is 8.07. The van der Waals surface area contributed by atoms with Gasteiger partial charge in [0.2, 0.25) is 0 Å². The molecule has 0 spiro atoms. The molecule has 0 atom stereocenters. The molecule has 1 aromatic heterocycles. The molecule has 4 heteroatoms. The maximum Gasteiger partial charge on any atom is 0.136 e. The summed E-state index contributed by atoms with van der Waals surface area (Å²) < 4.78 is 14.4. The SMILES string of the molecule is N#CCc1cc(N)c2sccc2c1F. The van der Waals surface area contributed by atoms with Crippen molar-refractivity contribution < 1.29 is 4.39 Å². The fraction of sp³-hybridized carbons (Fsp3) is 0.100. The highest BCUT2D eigenvalue weighted by Crippen LogP contribution is 2.31. The van der Waals surface area contributed by atoms with Crippen molar-refractivity contribution in [2.75, 3.05) is 5.73 Å². The van der Waals surface area contributed by atoms with Crippen LogP contribution in [0.4, 0.5) is 10.1 Å². The number of halogens is 1. The molecule has 2 aromatic rings. The fourth-order valence-electron chi connectivity index (χ4n) is 1.41. The van der Waals surface area contributed by atoms with E-state index in [0.29, 0.717) is 16.6 Å². The number of rotatable bonds is 1. The number of nitrogen functional groups attached to an aromatic ring is 1. The van der Waals surface area contributed by atoms with Crippen molar-refractivity contribution in [1.82, 2.24) is 0 Å². The van der Waals surface area contributed by atoms with E-state index in [0.717, 1.165) is 4.70 Å². The Labute approximate surface area is 84.4 Å². The van der Waals surface area contributed by atoms with Gasteiger partial charge in [-0.15, -0.1) is 11.3 Å². The smallest absolute Gasteiger partial charge is 0.136 e. The first kappa shape index (κ1) is 8.97. The van der Waals surface area contributed by atoms with E-state index in [2.05, 4.69) is 0 Å². The van der Waals surface area contributed by atoms with E-state index < -0.39 is 0 Å². The average Bonchev–Trinajstić information content (AvgIpc) is 2.63. The van der Waals surface area contributed by atoms with Gasteiger partial charge in [-0.05, 0) is 17.5 Å². The summed E-state index contributed by atoms with van der Waals surface area (Å²) in [7, 11) is 0. The van der Waals surface area contributed by atoms with Gasteiger partial charge in [0, 0.05) is 10.9 Å². The summed E-state index contributed by atoms with van der Waals surface area (Å²) in [4.78, 5) is 0. The van der Waals surface area contributed by atoms with E-state index in [4.69, 9.17) is 11.0 Å². The van der Waals surface area contributed by atoms with Crippen LogP contribution in [0.3, 0.4) is 0 Å². The molecule has 0 unspecified atom stereocenters. The van der Waals surface area contributed by atoms with Crippen LogP contribution in [0, 0.1) is 17.1 Å². The van der Waals surface area contributed by atoms with Crippen molar-refractivity contribution in [2.45, 2.75) is 6.42 Å². The number of nitriles is 1. The van der Waals surface area contributed by atoms with Crippen LogP contribution in [0.25, 0.3) is 10.1 Å². The monoisotopic (exact) mass is 206 g/mol. The Kier molecular flexibility index (Phi) is 2.10. The van der Waals surface area contributed by atoms with Crippen molar-refractivity contribution >= 4 is 27.1 Å². The summed E-state index contributed by atoms with van der Waals surface area (Å²) in [5.74, 6) is -0.322. The minimum Gasteiger partial charge on any atom is -0.398 e. The van der Waals surface area contributed by atoms with Crippen LogP contribution in [0.2, 0.25) is 0 Å². The molecule has 1 heterocycles. The summed E-state index contributed by atoms with van der Waals surface area (Å²) in [5, 5.41) is 10.8. The van der Waals surface area contributed by atoms with Crippen LogP contribution in [0.1, 0.15) is 5.56 Å². The molecular formula is C10H7FN2S. The van der Waals surface area contributed by atoms with Crippen LogP contribution >= 0.6 is 11.3 Å². The first-order valence-corrected chi connectivity index (χ1v) is 4.93. The van der Waals surface area contributed by atoms with Crippen molar-refractivity contribution in [1.29, 1.82) is 5.26 Å². The van der Waals surface area contributed by atoms with Crippen LogP contribution in [-0.4, -0.2) is 0 Å². The molecule has 0 aliphatic rings. The van der Waals surface area contributed by atoms with E-state index in [1.54, 1.807) is 11.4 Å². The molecule has 0 aliphatic heterocycles. The van der Waals surface area contributed by atoms with Gasteiger partial charge in [0.1, 0.15) is 5.82 Å². The van der Waals surface area contributed by atoms with Gasteiger partial charge in [-0.3, -0.25) is 0 Å². The zero-order valence-electron chi connectivity index (χ0n) is 7.25. The average molecular weight is 206 g/mol. The number of hydrogen-bond acceptors (Lipinski definition) is 3. The minimum absolute atomic E-state index is 0.0574. The van der Waals surface area contributed by atoms with Gasteiger partial charge >= 0.3 is 0 Å². The maximum atomic E-state index is 13.7. The largest absolute Gasteiger partial charge is 0.398 e. The summed E-state index contributed by atoms with van der Waals surface area (Å²) >= 11 is 1.41. The highest BCUT2D eigenvalue weighted by atomic mass is 32.1. The molecule has 2 rings (SSSR count). The van der Waals surface area contributed by atoms with E-state index in [1.807, 2.05) is 6.07 Å². The molecule has 2 N–H and O–H groups in total. The summed E-state index contributed by atoms with van der Waals surface area (Å²) in [6, 6.07) is 5.14. The molecule has 0 saturated carbocycles. The highest BCUT2D eigenvalue weighted by molar-refractivity contribution is 7.17. The van der Waals surface area contributed by atoms with Gasteiger partial charge in [0.05, 0.1) is 22.9 Å². The van der Waals surface area contributed by atoms with Crippen molar-refractivity contribution in [3.05, 3.63) is 28.9 Å². The third kappa shape index (κ3) is 1.22. The van der Waals surface area contributed by atoms with Crippen LogP contribution in [-0.2, 0) is 6.42 Å². The lowest BCUT2D eigenvalue weighted by molar-refractivity contribution is 0.628. The van der Waals surface area contributed by atoms with E-state index in [1.165, 1.54) is 17.4 Å². The van der Waals surface area contributed by atoms with Gasteiger partial charge < -0.3 is 5.73 Å². The van der Waals surface area contributed by atoms with E-state index in [-0.39, 0.29) is 12.2 Å². The number of thiophene rings is 1. The predicted octanol–water partition coefficient (Wildman–Crippen LogP) is 2.69. The molecule has 0 saturated heterocycles. The quantitative estimate of drug-likeness (QED) is 0.729. The number of anilines is 1. The minimum atomic E-state index is -0.322. The van der Waals surface area contributed by atoms with Gasteiger partial charge in [-0.25, -0.2) is 4.39 Å². The molecule has 70 valence electrons. The molecule has 1 aromatic carbocycles. The number of benzene rings is 1. The predicted molar refractivity (Wildman–Crippen MR) is 55.5 cm³/mol. The van der Waals surface area contributed by atoms with Gasteiger partial charge in [-0.1, -0.05) is 0 Å². The molecular weight excluding hydrogens is 199 g/mol. The van der Waals surface area contributed by atoms with E-state index >= 15 is 0 Å². The normalized spacial score (nSPS) is 10.3. The standard InChI is InChI=1S/C10H7FN2S/c11-9-6(1-3-12)5-8(13)10-7(9)2-4-14-10/h2,4-5H,1,13H2. The van der Waals surface area contributed by atoms with Gasteiger partial charge in [0.15, 0.2) is 0 Å². The van der Waals surface area contributed by atoms with Crippen molar-refractivity contribution in [3.63, 3.8) is 0 Å². The fourth-order valence-corrected chi connectivity index (χ4v) is 2.23. The van der Waals surface area contributed by atoms with Crippen molar-refractivity contribution in [3.8, 4) is 6.07 Å². The Morgan fingerprint density at radius 3 is 3.07 bits per heavy atom. The summed E-state index contributed by atoms with van der Waals surface area (Å²) in [6.45, 7) is 0. The van der Waals surface area contributed by atoms with Crippen LogP contribution < -0.4 is 5.73 Å². The number of nitrogens with two attached hydrogens (primary N) is 1. The molecule has 2 nitrogen and oxygen atoms in total. The Hall–Kier alpha value is -1.60. The van der Waals surface area contributed by atoms with Crippen LogP contribution in [0.5, 0.6) is 0 Å². The number of nitrogens with zero attached hydrogens (tertiary/aromatic N) is 1. The van der Waals surface area contributed by atoms with E-state index in [9.17, 15) is 4.39 Å². The maximum absolute atomic E-state index is 13.7. The second kappa shape index (κ2) is 3.28. The first-order valence-electron chi connectivity index (χ1n) is 4.05. The second-order valence-electron chi connectivity index (χ2n) is 2.94.